The van der Waals surface area contributed by atoms with E-state index in [0.717, 1.165) is 29.8 Å². The van der Waals surface area contributed by atoms with Crippen molar-refractivity contribution >= 4 is 23.5 Å². The van der Waals surface area contributed by atoms with E-state index < -0.39 is 30.6 Å². The van der Waals surface area contributed by atoms with Crippen molar-refractivity contribution in [2.24, 2.45) is 5.73 Å². The molecule has 0 fully saturated rings. The number of primary amides is 1. The van der Waals surface area contributed by atoms with Crippen LogP contribution in [0.4, 0.5) is 18.9 Å². The van der Waals surface area contributed by atoms with E-state index in [2.05, 4.69) is 16.3 Å². The highest BCUT2D eigenvalue weighted by molar-refractivity contribution is 6.27. The van der Waals surface area contributed by atoms with Crippen LogP contribution in [0.3, 0.4) is 0 Å². The first-order chi connectivity index (χ1) is 19.3. The van der Waals surface area contributed by atoms with Crippen LogP contribution >= 0.6 is 0 Å². The number of amides is 1. The number of aliphatic hydroxyl groups excluding tert-OH is 1. The number of halogens is 3. The Labute approximate surface area is 234 Å². The van der Waals surface area contributed by atoms with Crippen LogP contribution in [0.25, 0.3) is 0 Å². The lowest BCUT2D eigenvalue weighted by atomic mass is 9.98. The van der Waals surface area contributed by atoms with Crippen LogP contribution in [0, 0.1) is 0 Å². The molecule has 41 heavy (non-hydrogen) atoms. The number of aliphatic carboxylic acids is 2. The average Bonchev–Trinajstić information content (AvgIpc) is 3.31. The summed E-state index contributed by atoms with van der Waals surface area (Å²) in [6.07, 6.45) is -2.31. The lowest BCUT2D eigenvalue weighted by molar-refractivity contribution is -0.159. The molecule has 1 amide bonds. The Morgan fingerprint density at radius 3 is 2.29 bits per heavy atom. The van der Waals surface area contributed by atoms with Crippen LogP contribution in [-0.4, -0.2) is 84.8 Å². The predicted molar refractivity (Wildman–Crippen MR) is 143 cm³/mol. The zero-order valence-electron chi connectivity index (χ0n) is 22.4. The summed E-state index contributed by atoms with van der Waals surface area (Å²) >= 11 is 0. The summed E-state index contributed by atoms with van der Waals surface area (Å²) in [6, 6.07) is 10.2. The number of carbonyl (C=O) groups excluding carboxylic acids is 1. The molecule has 14 heteroatoms. The molecule has 2 aromatic rings. The number of nitrogens with two attached hydrogens (primary N) is 1. The highest BCUT2D eigenvalue weighted by Crippen LogP contribution is 2.33. The highest BCUT2D eigenvalue weighted by Gasteiger charge is 2.29. The summed E-state index contributed by atoms with van der Waals surface area (Å²) in [5.74, 6) is -3.82. The van der Waals surface area contributed by atoms with E-state index in [0.29, 0.717) is 31.5 Å². The average molecular weight is 586 g/mol. The maximum absolute atomic E-state index is 12.4. The standard InChI is InChI=1S/C25H32F3N3O4.C2H2O4/c1-17(30-8-12-34-21-5-2-3-6-22(21)35-16-25(26,27)28)13-18-14-19-7-10-31(9-4-11-32)23(19)20(15-18)24(29)33;3-1(4)2(5)6/h2-3,5-6,14-15,17,30,32H,4,7-13,16H2,1H3,(H2,29,33);(H,3,4)(H,5,6)/t17-;/m1./s1. The van der Waals surface area contributed by atoms with Crippen molar-refractivity contribution in [3.63, 3.8) is 0 Å². The summed E-state index contributed by atoms with van der Waals surface area (Å²) in [7, 11) is 0. The first-order valence-corrected chi connectivity index (χ1v) is 12.7. The molecule has 1 atom stereocenters. The topological polar surface area (TPSA) is 172 Å². The molecular weight excluding hydrogens is 551 g/mol. The molecule has 0 aliphatic carbocycles. The Kier molecular flexibility index (Phi) is 12.7. The second-order valence-corrected chi connectivity index (χ2v) is 9.20. The third-order valence-electron chi connectivity index (χ3n) is 5.89. The highest BCUT2D eigenvalue weighted by atomic mass is 19.4. The Morgan fingerprint density at radius 2 is 1.73 bits per heavy atom. The maximum atomic E-state index is 12.4. The van der Waals surface area contributed by atoms with Gasteiger partial charge in [-0.1, -0.05) is 18.2 Å². The van der Waals surface area contributed by atoms with Gasteiger partial charge >= 0.3 is 18.1 Å². The monoisotopic (exact) mass is 585 g/mol. The fraction of sp³-hybridized carbons (Fsp3) is 0.444. The number of fused-ring (bicyclic) bond motifs is 1. The first-order valence-electron chi connectivity index (χ1n) is 12.7. The Bertz CT molecular complexity index is 1180. The van der Waals surface area contributed by atoms with E-state index in [4.69, 9.17) is 40.1 Å². The van der Waals surface area contributed by atoms with Gasteiger partial charge in [-0.2, -0.15) is 13.2 Å². The van der Waals surface area contributed by atoms with Gasteiger partial charge in [0.05, 0.1) is 11.3 Å². The number of anilines is 1. The molecular formula is C27H34F3N3O8. The van der Waals surface area contributed by atoms with Gasteiger partial charge < -0.3 is 40.7 Å². The van der Waals surface area contributed by atoms with Crippen molar-refractivity contribution in [1.29, 1.82) is 0 Å². The van der Waals surface area contributed by atoms with E-state index in [9.17, 15) is 18.0 Å². The maximum Gasteiger partial charge on any atom is 0.422 e. The summed E-state index contributed by atoms with van der Waals surface area (Å²) < 4.78 is 47.8. The minimum Gasteiger partial charge on any atom is -0.488 e. The van der Waals surface area contributed by atoms with E-state index in [1.165, 1.54) is 6.07 Å². The summed E-state index contributed by atoms with van der Waals surface area (Å²) in [5, 5.41) is 27.2. The number of rotatable bonds is 13. The summed E-state index contributed by atoms with van der Waals surface area (Å²) in [5.41, 5.74) is 9.12. The van der Waals surface area contributed by atoms with Gasteiger partial charge in [-0.15, -0.1) is 0 Å². The number of carboxylic acid groups (broad SMARTS) is 2. The number of aliphatic hydroxyl groups is 1. The summed E-state index contributed by atoms with van der Waals surface area (Å²) in [4.78, 5) is 32.4. The van der Waals surface area contributed by atoms with Crippen LogP contribution in [0.1, 0.15) is 34.8 Å². The molecule has 226 valence electrons. The molecule has 0 saturated carbocycles. The lowest BCUT2D eigenvalue weighted by Crippen LogP contribution is -2.32. The number of para-hydroxylation sites is 2. The molecule has 1 aliphatic heterocycles. The smallest absolute Gasteiger partial charge is 0.422 e. The number of nitrogens with one attached hydrogen (secondary N) is 1. The number of hydrogen-bond donors (Lipinski definition) is 5. The third-order valence-corrected chi connectivity index (χ3v) is 5.89. The molecule has 0 saturated heterocycles. The number of ether oxygens (including phenoxy) is 2. The Hall–Kier alpha value is -4.04. The van der Waals surface area contributed by atoms with Gasteiger partial charge in [0.25, 0.3) is 5.91 Å². The largest absolute Gasteiger partial charge is 0.488 e. The number of nitrogens with zero attached hydrogens (tertiary/aromatic N) is 1. The normalized spacial score (nSPS) is 13.0. The SMILES string of the molecule is C[C@H](Cc1cc2c(c(C(N)=O)c1)N(CCCO)CC2)NCCOc1ccccc1OCC(F)(F)F.O=C(O)C(=O)O. The molecule has 0 unspecified atom stereocenters. The molecule has 1 aliphatic rings. The number of benzene rings is 2. The van der Waals surface area contributed by atoms with E-state index in [-0.39, 0.29) is 30.8 Å². The van der Waals surface area contributed by atoms with E-state index >= 15 is 0 Å². The fourth-order valence-corrected chi connectivity index (χ4v) is 4.22. The minimum atomic E-state index is -4.42. The lowest BCUT2D eigenvalue weighted by Gasteiger charge is -2.22. The fourth-order valence-electron chi connectivity index (χ4n) is 4.22. The molecule has 6 N–H and O–H groups in total. The van der Waals surface area contributed by atoms with Crippen molar-refractivity contribution in [1.82, 2.24) is 5.32 Å². The Morgan fingerprint density at radius 1 is 1.10 bits per heavy atom. The van der Waals surface area contributed by atoms with Gasteiger partial charge in [0.15, 0.2) is 18.1 Å². The van der Waals surface area contributed by atoms with E-state index in [1.807, 2.05) is 13.0 Å². The number of carboxylic acids is 2. The van der Waals surface area contributed by atoms with Crippen molar-refractivity contribution in [3.8, 4) is 11.5 Å². The zero-order valence-corrected chi connectivity index (χ0v) is 22.4. The predicted octanol–water partition coefficient (Wildman–Crippen LogP) is 2.23. The number of carbonyl (C=O) groups is 3. The second-order valence-electron chi connectivity index (χ2n) is 9.20. The molecule has 0 bridgehead atoms. The number of alkyl halides is 3. The van der Waals surface area contributed by atoms with Crippen molar-refractivity contribution < 1.29 is 52.3 Å². The third kappa shape index (κ3) is 11.2. The Balaban J connectivity index is 0.000000883. The van der Waals surface area contributed by atoms with Crippen LogP contribution in [0.5, 0.6) is 11.5 Å². The van der Waals surface area contributed by atoms with Crippen LogP contribution in [-0.2, 0) is 22.4 Å². The molecule has 0 radical (unpaired) electrons. The molecule has 0 spiro atoms. The first kappa shape index (κ1) is 33.2. The molecule has 3 rings (SSSR count). The van der Waals surface area contributed by atoms with Gasteiger partial charge in [0.2, 0.25) is 0 Å². The van der Waals surface area contributed by atoms with Crippen LogP contribution in [0.2, 0.25) is 0 Å². The number of hydrogen-bond acceptors (Lipinski definition) is 8. The molecule has 11 nitrogen and oxygen atoms in total. The molecule has 0 aromatic heterocycles. The second kappa shape index (κ2) is 15.7. The van der Waals surface area contributed by atoms with Gasteiger partial charge in [-0.25, -0.2) is 9.59 Å². The van der Waals surface area contributed by atoms with Gasteiger partial charge in [0.1, 0.15) is 6.61 Å². The van der Waals surface area contributed by atoms with Gasteiger partial charge in [-0.05, 0) is 55.5 Å². The van der Waals surface area contributed by atoms with Crippen LogP contribution in [0.15, 0.2) is 36.4 Å². The minimum absolute atomic E-state index is 0.0445. The van der Waals surface area contributed by atoms with Crippen molar-refractivity contribution in [3.05, 3.63) is 53.1 Å². The summed E-state index contributed by atoms with van der Waals surface area (Å²) in [6.45, 7) is 2.89. The van der Waals surface area contributed by atoms with Crippen molar-refractivity contribution in [2.45, 2.75) is 38.4 Å². The van der Waals surface area contributed by atoms with Crippen LogP contribution < -0.4 is 25.4 Å². The van der Waals surface area contributed by atoms with Gasteiger partial charge in [0, 0.05) is 32.3 Å². The molecule has 1 heterocycles. The quantitative estimate of drug-likeness (QED) is 0.173. The van der Waals surface area contributed by atoms with E-state index in [1.54, 1.807) is 18.2 Å². The van der Waals surface area contributed by atoms with Gasteiger partial charge in [-0.3, -0.25) is 4.79 Å². The zero-order chi connectivity index (χ0) is 30.6. The van der Waals surface area contributed by atoms with Crippen molar-refractivity contribution in [2.75, 3.05) is 44.4 Å². The molecule has 2 aromatic carbocycles.